The zero-order chi connectivity index (χ0) is 17.8. The fourth-order valence-electron chi connectivity index (χ4n) is 3.28. The van der Waals surface area contributed by atoms with Crippen LogP contribution in [0.2, 0.25) is 0 Å². The van der Waals surface area contributed by atoms with Gasteiger partial charge in [0.05, 0.1) is 5.56 Å². The summed E-state index contributed by atoms with van der Waals surface area (Å²) in [7, 11) is 0. The fraction of sp³-hybridized carbons (Fsp3) is 0.421. The van der Waals surface area contributed by atoms with Crippen molar-refractivity contribution in [2.24, 2.45) is 0 Å². The van der Waals surface area contributed by atoms with Gasteiger partial charge in [-0.2, -0.15) is 0 Å². The first-order valence-corrected chi connectivity index (χ1v) is 9.03. The van der Waals surface area contributed by atoms with Crippen LogP contribution in [-0.4, -0.2) is 28.7 Å². The molecule has 7 nitrogen and oxygen atoms in total. The molecular formula is C19H22N4O3. The molecule has 136 valence electrons. The average molecular weight is 354 g/mol. The lowest BCUT2D eigenvalue weighted by Crippen LogP contribution is -2.36. The van der Waals surface area contributed by atoms with Gasteiger partial charge in [-0.3, -0.25) is 4.79 Å². The van der Waals surface area contributed by atoms with Crippen LogP contribution < -0.4 is 20.1 Å². The van der Waals surface area contributed by atoms with Crippen molar-refractivity contribution in [3.63, 3.8) is 0 Å². The second kappa shape index (κ2) is 7.59. The van der Waals surface area contributed by atoms with Crippen LogP contribution in [0, 0.1) is 0 Å². The number of hydrogen-bond donors (Lipinski definition) is 2. The van der Waals surface area contributed by atoms with Gasteiger partial charge in [0.2, 0.25) is 12.7 Å². The Hall–Kier alpha value is -2.83. The Morgan fingerprint density at radius 2 is 1.85 bits per heavy atom. The molecule has 26 heavy (non-hydrogen) atoms. The van der Waals surface area contributed by atoms with Gasteiger partial charge >= 0.3 is 0 Å². The highest BCUT2D eigenvalue weighted by molar-refractivity contribution is 5.93. The number of anilines is 1. The van der Waals surface area contributed by atoms with E-state index in [-0.39, 0.29) is 18.7 Å². The van der Waals surface area contributed by atoms with E-state index in [2.05, 4.69) is 20.6 Å². The van der Waals surface area contributed by atoms with Gasteiger partial charge in [0.1, 0.15) is 0 Å². The van der Waals surface area contributed by atoms with Crippen LogP contribution >= 0.6 is 0 Å². The van der Waals surface area contributed by atoms with E-state index in [9.17, 15) is 4.79 Å². The molecule has 7 heteroatoms. The minimum absolute atomic E-state index is 0.0979. The van der Waals surface area contributed by atoms with Crippen molar-refractivity contribution in [1.82, 2.24) is 15.3 Å². The Balaban J connectivity index is 1.31. The maximum atomic E-state index is 12.3. The Kier molecular flexibility index (Phi) is 4.86. The second-order valence-electron chi connectivity index (χ2n) is 6.64. The Morgan fingerprint density at radius 3 is 2.65 bits per heavy atom. The number of hydrogen-bond acceptors (Lipinski definition) is 6. The monoisotopic (exact) mass is 354 g/mol. The van der Waals surface area contributed by atoms with Crippen molar-refractivity contribution in [2.75, 3.05) is 12.1 Å². The van der Waals surface area contributed by atoms with E-state index in [1.807, 2.05) is 18.2 Å². The van der Waals surface area contributed by atoms with Crippen LogP contribution in [0.3, 0.4) is 0 Å². The number of carbonyl (C=O) groups is 1. The van der Waals surface area contributed by atoms with E-state index in [4.69, 9.17) is 9.47 Å². The molecule has 4 rings (SSSR count). The lowest BCUT2D eigenvalue weighted by molar-refractivity contribution is 0.0927. The minimum Gasteiger partial charge on any atom is -0.454 e. The third kappa shape index (κ3) is 3.87. The van der Waals surface area contributed by atoms with Gasteiger partial charge in [0, 0.05) is 25.0 Å². The molecule has 2 heterocycles. The molecule has 1 aromatic heterocycles. The van der Waals surface area contributed by atoms with Crippen molar-refractivity contribution in [3.8, 4) is 11.5 Å². The highest BCUT2D eigenvalue weighted by atomic mass is 16.7. The SMILES string of the molecule is O=C(NC1CCCCC1)c1cnc(NCc2ccc3c(c2)OCO3)nc1. The smallest absolute Gasteiger partial charge is 0.254 e. The molecule has 0 saturated heterocycles. The molecule has 1 aliphatic carbocycles. The third-order valence-electron chi connectivity index (χ3n) is 4.74. The molecule has 0 atom stereocenters. The standard InChI is InChI=1S/C19H22N4O3/c24-18(23-15-4-2-1-3-5-15)14-10-21-19(22-11-14)20-9-13-6-7-16-17(8-13)26-12-25-16/h6-8,10-11,15H,1-5,9,12H2,(H,23,24)(H,20,21,22). The number of amides is 1. The number of nitrogens with zero attached hydrogens (tertiary/aromatic N) is 2. The second-order valence-corrected chi connectivity index (χ2v) is 6.64. The van der Waals surface area contributed by atoms with Crippen molar-refractivity contribution in [2.45, 2.75) is 44.7 Å². The van der Waals surface area contributed by atoms with Gasteiger partial charge < -0.3 is 20.1 Å². The van der Waals surface area contributed by atoms with Gasteiger partial charge in [-0.05, 0) is 30.5 Å². The van der Waals surface area contributed by atoms with Crippen molar-refractivity contribution in [1.29, 1.82) is 0 Å². The molecule has 0 spiro atoms. The highest BCUT2D eigenvalue weighted by Crippen LogP contribution is 2.32. The van der Waals surface area contributed by atoms with Crippen molar-refractivity contribution < 1.29 is 14.3 Å². The maximum absolute atomic E-state index is 12.3. The van der Waals surface area contributed by atoms with Crippen LogP contribution in [0.1, 0.15) is 48.0 Å². The highest BCUT2D eigenvalue weighted by Gasteiger charge is 2.17. The van der Waals surface area contributed by atoms with E-state index >= 15 is 0 Å². The van der Waals surface area contributed by atoms with Crippen molar-refractivity contribution in [3.05, 3.63) is 41.7 Å². The first-order chi connectivity index (χ1) is 12.8. The molecule has 0 bridgehead atoms. The van der Waals surface area contributed by atoms with Gasteiger partial charge in [-0.15, -0.1) is 0 Å². The number of carbonyl (C=O) groups excluding carboxylic acids is 1. The number of aromatic nitrogens is 2. The minimum atomic E-state index is -0.0979. The van der Waals surface area contributed by atoms with E-state index < -0.39 is 0 Å². The topological polar surface area (TPSA) is 85.4 Å². The van der Waals surface area contributed by atoms with E-state index in [0.29, 0.717) is 18.1 Å². The molecule has 1 aromatic carbocycles. The van der Waals surface area contributed by atoms with Crippen LogP contribution in [0.4, 0.5) is 5.95 Å². The normalized spacial score (nSPS) is 16.3. The number of benzene rings is 1. The predicted molar refractivity (Wildman–Crippen MR) is 96.3 cm³/mol. The summed E-state index contributed by atoms with van der Waals surface area (Å²) in [5.41, 5.74) is 1.53. The van der Waals surface area contributed by atoms with Crippen LogP contribution in [-0.2, 0) is 6.54 Å². The molecule has 1 saturated carbocycles. The first-order valence-electron chi connectivity index (χ1n) is 9.03. The zero-order valence-corrected chi connectivity index (χ0v) is 14.5. The molecular weight excluding hydrogens is 332 g/mol. The zero-order valence-electron chi connectivity index (χ0n) is 14.5. The van der Waals surface area contributed by atoms with Gasteiger partial charge in [-0.1, -0.05) is 25.3 Å². The van der Waals surface area contributed by atoms with Crippen LogP contribution in [0.25, 0.3) is 0 Å². The van der Waals surface area contributed by atoms with Gasteiger partial charge in [0.15, 0.2) is 11.5 Å². The molecule has 0 unspecified atom stereocenters. The summed E-state index contributed by atoms with van der Waals surface area (Å²) in [4.78, 5) is 20.8. The number of ether oxygens (including phenoxy) is 2. The molecule has 1 amide bonds. The van der Waals surface area contributed by atoms with E-state index in [0.717, 1.165) is 29.9 Å². The van der Waals surface area contributed by atoms with Crippen LogP contribution in [0.5, 0.6) is 11.5 Å². The fourth-order valence-corrected chi connectivity index (χ4v) is 3.28. The maximum Gasteiger partial charge on any atom is 0.254 e. The first kappa shape index (κ1) is 16.6. The Morgan fingerprint density at radius 1 is 1.08 bits per heavy atom. The predicted octanol–water partition coefficient (Wildman–Crippen LogP) is 2.88. The quantitative estimate of drug-likeness (QED) is 0.859. The largest absolute Gasteiger partial charge is 0.454 e. The number of nitrogens with one attached hydrogen (secondary N) is 2. The van der Waals surface area contributed by atoms with Gasteiger partial charge in [0.25, 0.3) is 5.91 Å². The molecule has 2 aliphatic rings. The summed E-state index contributed by atoms with van der Waals surface area (Å²) in [6, 6.07) is 6.06. The molecule has 1 aliphatic heterocycles. The lowest BCUT2D eigenvalue weighted by Gasteiger charge is -2.22. The summed E-state index contributed by atoms with van der Waals surface area (Å²) < 4.78 is 10.7. The summed E-state index contributed by atoms with van der Waals surface area (Å²) in [6.45, 7) is 0.823. The number of rotatable bonds is 5. The summed E-state index contributed by atoms with van der Waals surface area (Å²) in [6.07, 6.45) is 8.87. The molecule has 2 aromatic rings. The van der Waals surface area contributed by atoms with Gasteiger partial charge in [-0.25, -0.2) is 9.97 Å². The summed E-state index contributed by atoms with van der Waals surface area (Å²) in [5, 5.41) is 6.22. The molecule has 0 radical (unpaired) electrons. The summed E-state index contributed by atoms with van der Waals surface area (Å²) >= 11 is 0. The van der Waals surface area contributed by atoms with E-state index in [1.54, 1.807) is 12.4 Å². The molecule has 1 fully saturated rings. The summed E-state index contributed by atoms with van der Waals surface area (Å²) in [5.74, 6) is 1.90. The van der Waals surface area contributed by atoms with Crippen molar-refractivity contribution >= 4 is 11.9 Å². The Labute approximate surface area is 152 Å². The lowest BCUT2D eigenvalue weighted by atomic mass is 9.95. The Bertz CT molecular complexity index is 773. The molecule has 2 N–H and O–H groups in total. The third-order valence-corrected chi connectivity index (χ3v) is 4.74. The number of fused-ring (bicyclic) bond motifs is 1. The van der Waals surface area contributed by atoms with Crippen LogP contribution in [0.15, 0.2) is 30.6 Å². The average Bonchev–Trinajstić information content (AvgIpc) is 3.15. The van der Waals surface area contributed by atoms with E-state index in [1.165, 1.54) is 19.3 Å².